The van der Waals surface area contributed by atoms with E-state index in [1.807, 2.05) is 20.8 Å². The van der Waals surface area contributed by atoms with Gasteiger partial charge < -0.3 is 10.4 Å². The van der Waals surface area contributed by atoms with Crippen molar-refractivity contribution < 1.29 is 13.9 Å². The monoisotopic (exact) mass is 229 g/mol. The summed E-state index contributed by atoms with van der Waals surface area (Å²) in [6, 6.07) is 3.17. The Balaban J connectivity index is 2.70. The van der Waals surface area contributed by atoms with E-state index >= 15 is 0 Å². The van der Waals surface area contributed by atoms with Crippen molar-refractivity contribution in [1.29, 1.82) is 0 Å². The highest BCUT2D eigenvalue weighted by Crippen LogP contribution is 2.18. The number of hydrogen-bond acceptors (Lipinski definition) is 2. The predicted octanol–water partition coefficient (Wildman–Crippen LogP) is 2.39. The number of benzene rings is 1. The first-order valence-electron chi connectivity index (χ1n) is 5.17. The van der Waals surface area contributed by atoms with Crippen molar-refractivity contribution >= 4 is 0 Å². The van der Waals surface area contributed by atoms with Crippen LogP contribution >= 0.6 is 0 Å². The van der Waals surface area contributed by atoms with E-state index in [4.69, 9.17) is 0 Å². The quantitative estimate of drug-likeness (QED) is 0.834. The van der Waals surface area contributed by atoms with Gasteiger partial charge in [-0.1, -0.05) is 6.07 Å². The van der Waals surface area contributed by atoms with Crippen molar-refractivity contribution in [2.45, 2.75) is 32.4 Å². The van der Waals surface area contributed by atoms with E-state index < -0.39 is 17.7 Å². The first kappa shape index (κ1) is 13.1. The highest BCUT2D eigenvalue weighted by atomic mass is 19.1. The van der Waals surface area contributed by atoms with Crippen LogP contribution in [-0.4, -0.2) is 17.2 Å². The summed E-state index contributed by atoms with van der Waals surface area (Å²) in [5.74, 6) is -1.36. The summed E-state index contributed by atoms with van der Waals surface area (Å²) < 4.78 is 25.9. The number of β-amino-alcohol motifs (C(OH)–C–C–N with tert-alkyl or cyclic N) is 1. The van der Waals surface area contributed by atoms with E-state index in [-0.39, 0.29) is 17.6 Å². The summed E-state index contributed by atoms with van der Waals surface area (Å²) in [4.78, 5) is 0. The molecule has 16 heavy (non-hydrogen) atoms. The lowest BCUT2D eigenvalue weighted by molar-refractivity contribution is 0.159. The Morgan fingerprint density at radius 2 is 1.94 bits per heavy atom. The second-order valence-electron chi connectivity index (χ2n) is 4.81. The van der Waals surface area contributed by atoms with E-state index in [9.17, 15) is 13.9 Å². The average Bonchev–Trinajstić information content (AvgIpc) is 2.13. The molecular weight excluding hydrogens is 212 g/mol. The lowest BCUT2D eigenvalue weighted by Crippen LogP contribution is -2.38. The maximum absolute atomic E-state index is 13.3. The van der Waals surface area contributed by atoms with E-state index in [2.05, 4.69) is 5.32 Å². The maximum Gasteiger partial charge on any atom is 0.131 e. The molecule has 0 radical (unpaired) electrons. The first-order chi connectivity index (χ1) is 7.29. The van der Waals surface area contributed by atoms with Gasteiger partial charge in [-0.05, 0) is 26.8 Å². The molecule has 0 unspecified atom stereocenters. The van der Waals surface area contributed by atoms with Gasteiger partial charge in [-0.15, -0.1) is 0 Å². The van der Waals surface area contributed by atoms with Crippen LogP contribution in [-0.2, 0) is 0 Å². The van der Waals surface area contributed by atoms with Crippen molar-refractivity contribution in [3.05, 3.63) is 35.4 Å². The van der Waals surface area contributed by atoms with Crippen molar-refractivity contribution in [1.82, 2.24) is 5.32 Å². The molecule has 0 aliphatic carbocycles. The fourth-order valence-electron chi connectivity index (χ4n) is 1.28. The summed E-state index contributed by atoms with van der Waals surface area (Å²) in [5.41, 5.74) is -0.0459. The molecule has 1 atom stereocenters. The molecule has 4 heteroatoms. The molecule has 2 N–H and O–H groups in total. The van der Waals surface area contributed by atoms with Crippen molar-refractivity contribution in [3.63, 3.8) is 0 Å². The minimum Gasteiger partial charge on any atom is -0.387 e. The van der Waals surface area contributed by atoms with Crippen LogP contribution in [0.2, 0.25) is 0 Å². The van der Waals surface area contributed by atoms with E-state index in [0.29, 0.717) is 0 Å². The molecule has 0 saturated heterocycles. The van der Waals surface area contributed by atoms with Crippen molar-refractivity contribution in [2.75, 3.05) is 6.54 Å². The van der Waals surface area contributed by atoms with Crippen LogP contribution in [0.3, 0.4) is 0 Å². The van der Waals surface area contributed by atoms with Crippen LogP contribution in [0.5, 0.6) is 0 Å². The number of halogens is 2. The third-order valence-electron chi connectivity index (χ3n) is 2.15. The van der Waals surface area contributed by atoms with Gasteiger partial charge in [-0.2, -0.15) is 0 Å². The highest BCUT2D eigenvalue weighted by molar-refractivity contribution is 5.21. The maximum atomic E-state index is 13.3. The lowest BCUT2D eigenvalue weighted by Gasteiger charge is -2.23. The molecule has 90 valence electrons. The molecule has 0 aliphatic rings. The van der Waals surface area contributed by atoms with Gasteiger partial charge in [0.05, 0.1) is 6.10 Å². The Labute approximate surface area is 94.3 Å². The lowest BCUT2D eigenvalue weighted by atomic mass is 10.1. The van der Waals surface area contributed by atoms with Crippen molar-refractivity contribution in [3.8, 4) is 0 Å². The molecular formula is C12H17F2NO. The average molecular weight is 229 g/mol. The molecule has 0 bridgehead atoms. The van der Waals surface area contributed by atoms with Crippen LogP contribution in [0.25, 0.3) is 0 Å². The standard InChI is InChI=1S/C12H17F2NO/c1-12(2,3)15-7-11(16)9-5-4-8(13)6-10(9)14/h4-6,11,15-16H,7H2,1-3H3/t11-/m1/s1. The molecule has 0 amide bonds. The molecule has 0 heterocycles. The predicted molar refractivity (Wildman–Crippen MR) is 59.1 cm³/mol. The van der Waals surface area contributed by atoms with E-state index in [1.54, 1.807) is 0 Å². The largest absolute Gasteiger partial charge is 0.387 e. The zero-order valence-corrected chi connectivity index (χ0v) is 9.72. The Morgan fingerprint density at radius 3 is 2.44 bits per heavy atom. The number of rotatable bonds is 3. The van der Waals surface area contributed by atoms with Gasteiger partial charge in [0.1, 0.15) is 11.6 Å². The third kappa shape index (κ3) is 3.87. The van der Waals surface area contributed by atoms with Gasteiger partial charge >= 0.3 is 0 Å². The van der Waals surface area contributed by atoms with E-state index in [1.165, 1.54) is 6.07 Å². The zero-order valence-electron chi connectivity index (χ0n) is 9.72. The minimum absolute atomic E-state index is 0.109. The van der Waals surface area contributed by atoms with Gasteiger partial charge in [-0.25, -0.2) is 8.78 Å². The topological polar surface area (TPSA) is 32.3 Å². The number of aliphatic hydroxyl groups is 1. The van der Waals surface area contributed by atoms with Crippen LogP contribution in [0.4, 0.5) is 8.78 Å². The molecule has 1 rings (SSSR count). The van der Waals surface area contributed by atoms with Gasteiger partial charge in [0.2, 0.25) is 0 Å². The second kappa shape index (κ2) is 4.89. The molecule has 0 spiro atoms. The third-order valence-corrected chi connectivity index (χ3v) is 2.15. The Morgan fingerprint density at radius 1 is 1.31 bits per heavy atom. The minimum atomic E-state index is -0.972. The molecule has 2 nitrogen and oxygen atoms in total. The summed E-state index contributed by atoms with van der Waals surface area (Å²) in [6.07, 6.45) is -0.972. The summed E-state index contributed by atoms with van der Waals surface area (Å²) >= 11 is 0. The van der Waals surface area contributed by atoms with Gasteiger partial charge in [-0.3, -0.25) is 0 Å². The van der Waals surface area contributed by atoms with Crippen LogP contribution in [0, 0.1) is 11.6 Å². The fourth-order valence-corrected chi connectivity index (χ4v) is 1.28. The van der Waals surface area contributed by atoms with Gasteiger partial charge in [0, 0.05) is 23.7 Å². The van der Waals surface area contributed by atoms with Crippen molar-refractivity contribution in [2.24, 2.45) is 0 Å². The fraction of sp³-hybridized carbons (Fsp3) is 0.500. The van der Waals surface area contributed by atoms with E-state index in [0.717, 1.165) is 12.1 Å². The number of aliphatic hydroxyl groups excluding tert-OH is 1. The molecule has 1 aromatic rings. The Kier molecular flexibility index (Phi) is 3.99. The normalized spacial score (nSPS) is 13.9. The van der Waals surface area contributed by atoms with Crippen LogP contribution in [0.15, 0.2) is 18.2 Å². The summed E-state index contributed by atoms with van der Waals surface area (Å²) in [5, 5.41) is 12.8. The van der Waals surface area contributed by atoms with Crippen LogP contribution in [0.1, 0.15) is 32.4 Å². The molecule has 1 aromatic carbocycles. The number of hydrogen-bond donors (Lipinski definition) is 2. The van der Waals surface area contributed by atoms with Gasteiger partial charge in [0.25, 0.3) is 0 Å². The summed E-state index contributed by atoms with van der Waals surface area (Å²) in [7, 11) is 0. The SMILES string of the molecule is CC(C)(C)NC[C@@H](O)c1ccc(F)cc1F. The smallest absolute Gasteiger partial charge is 0.131 e. The van der Waals surface area contributed by atoms with Gasteiger partial charge in [0.15, 0.2) is 0 Å². The molecule has 0 saturated carbocycles. The Hall–Kier alpha value is -1.00. The first-order valence-corrected chi connectivity index (χ1v) is 5.17. The van der Waals surface area contributed by atoms with Crippen LogP contribution < -0.4 is 5.32 Å². The molecule has 0 aromatic heterocycles. The molecule has 0 aliphatic heterocycles. The molecule has 0 fully saturated rings. The highest BCUT2D eigenvalue weighted by Gasteiger charge is 2.16. The Bertz CT molecular complexity index is 361. The second-order valence-corrected chi connectivity index (χ2v) is 4.81. The zero-order chi connectivity index (χ0) is 12.3. The summed E-state index contributed by atoms with van der Waals surface area (Å²) in [6.45, 7) is 6.06. The number of nitrogens with one attached hydrogen (secondary N) is 1.